The number of methoxy groups -OCH3 is 1. The first-order valence-electron chi connectivity index (χ1n) is 9.20. The van der Waals surface area contributed by atoms with E-state index in [2.05, 4.69) is 0 Å². The molecule has 0 spiro atoms. The molecule has 8 heteroatoms. The third kappa shape index (κ3) is 4.02. The predicted octanol–water partition coefficient (Wildman–Crippen LogP) is 4.68. The molecule has 31 heavy (non-hydrogen) atoms. The summed E-state index contributed by atoms with van der Waals surface area (Å²) in [5, 5.41) is 0.525. The lowest BCUT2D eigenvalue weighted by Gasteiger charge is -2.11. The Kier molecular flexibility index (Phi) is 5.24. The normalized spacial score (nSPS) is 11.5. The van der Waals surface area contributed by atoms with Gasteiger partial charge in [-0.2, -0.15) is 8.42 Å². The van der Waals surface area contributed by atoms with E-state index in [0.717, 1.165) is 24.3 Å². The molecule has 1 aromatic heterocycles. The maximum absolute atomic E-state index is 13.1. The van der Waals surface area contributed by atoms with Gasteiger partial charge in [-0.1, -0.05) is 12.1 Å². The molecule has 0 N–H and O–H groups in total. The number of ether oxygens (including phenoxy) is 1. The van der Waals surface area contributed by atoms with Crippen LogP contribution in [0.5, 0.6) is 11.5 Å². The van der Waals surface area contributed by atoms with Gasteiger partial charge in [-0.25, -0.2) is 9.18 Å². The van der Waals surface area contributed by atoms with Gasteiger partial charge in [0.2, 0.25) is 0 Å². The van der Waals surface area contributed by atoms with Crippen LogP contribution in [0.15, 0.2) is 80.8 Å². The van der Waals surface area contributed by atoms with Crippen LogP contribution in [0.4, 0.5) is 4.39 Å². The van der Waals surface area contributed by atoms with Gasteiger partial charge in [0.15, 0.2) is 0 Å². The zero-order valence-corrected chi connectivity index (χ0v) is 17.4. The summed E-state index contributed by atoms with van der Waals surface area (Å²) in [6.45, 7) is 1.75. The highest BCUT2D eigenvalue weighted by molar-refractivity contribution is 7.87. The van der Waals surface area contributed by atoms with Crippen LogP contribution >= 0.6 is 0 Å². The smallest absolute Gasteiger partial charge is 0.344 e. The Hall–Kier alpha value is -3.65. The van der Waals surface area contributed by atoms with Crippen LogP contribution in [0.3, 0.4) is 0 Å². The fourth-order valence-electron chi connectivity index (χ4n) is 3.25. The molecule has 4 rings (SSSR count). The van der Waals surface area contributed by atoms with Crippen molar-refractivity contribution in [2.75, 3.05) is 7.11 Å². The highest BCUT2D eigenvalue weighted by Crippen LogP contribution is 2.31. The largest absolute Gasteiger partial charge is 0.497 e. The van der Waals surface area contributed by atoms with Gasteiger partial charge >= 0.3 is 15.7 Å². The standard InChI is InChI=1S/C23H17FO6S/c1-14-20-13-18(30-31(26,27)19-10-5-16(24)6-11-19)9-12-21(20)29-23(25)22(14)15-3-7-17(28-2)8-4-15/h3-13H,1-2H3. The number of rotatable bonds is 5. The molecule has 0 fully saturated rings. The van der Waals surface area contributed by atoms with E-state index in [1.165, 1.54) is 18.2 Å². The topological polar surface area (TPSA) is 82.8 Å². The van der Waals surface area contributed by atoms with Crippen molar-refractivity contribution in [3.05, 3.63) is 88.5 Å². The second-order valence-corrected chi connectivity index (χ2v) is 8.31. The molecule has 0 unspecified atom stereocenters. The fraction of sp³-hybridized carbons (Fsp3) is 0.0870. The zero-order chi connectivity index (χ0) is 22.2. The van der Waals surface area contributed by atoms with Gasteiger partial charge in [0.25, 0.3) is 0 Å². The van der Waals surface area contributed by atoms with Gasteiger partial charge in [-0.05, 0) is 72.6 Å². The van der Waals surface area contributed by atoms with Crippen LogP contribution < -0.4 is 14.5 Å². The summed E-state index contributed by atoms with van der Waals surface area (Å²) < 4.78 is 53.9. The van der Waals surface area contributed by atoms with Gasteiger partial charge in [0.1, 0.15) is 27.8 Å². The molecule has 4 aromatic rings. The summed E-state index contributed by atoms with van der Waals surface area (Å²) in [7, 11) is -2.61. The number of hydrogen-bond acceptors (Lipinski definition) is 6. The van der Waals surface area contributed by atoms with Crippen molar-refractivity contribution in [1.82, 2.24) is 0 Å². The monoisotopic (exact) mass is 440 g/mol. The minimum atomic E-state index is -4.16. The van der Waals surface area contributed by atoms with E-state index in [1.807, 2.05) is 0 Å². The van der Waals surface area contributed by atoms with Gasteiger partial charge in [0.05, 0.1) is 12.7 Å². The third-order valence-electron chi connectivity index (χ3n) is 4.82. The van der Waals surface area contributed by atoms with Crippen molar-refractivity contribution < 1.29 is 26.1 Å². The maximum Gasteiger partial charge on any atom is 0.344 e. The van der Waals surface area contributed by atoms with Crippen molar-refractivity contribution in [1.29, 1.82) is 0 Å². The van der Waals surface area contributed by atoms with E-state index in [1.54, 1.807) is 38.3 Å². The van der Waals surface area contributed by atoms with E-state index in [4.69, 9.17) is 13.3 Å². The molecular formula is C23H17FO6S. The van der Waals surface area contributed by atoms with E-state index in [0.29, 0.717) is 33.4 Å². The molecule has 6 nitrogen and oxygen atoms in total. The SMILES string of the molecule is COc1ccc(-c2c(C)c3cc(OS(=O)(=O)c4ccc(F)cc4)ccc3oc2=O)cc1. The number of hydrogen-bond donors (Lipinski definition) is 0. The second kappa shape index (κ2) is 7.88. The Bertz CT molecular complexity index is 1420. The third-order valence-corrected chi connectivity index (χ3v) is 6.09. The van der Waals surface area contributed by atoms with Gasteiger partial charge in [-0.15, -0.1) is 0 Å². The Balaban J connectivity index is 1.77. The molecule has 0 bridgehead atoms. The molecule has 0 aliphatic rings. The molecule has 158 valence electrons. The van der Waals surface area contributed by atoms with E-state index >= 15 is 0 Å². The first kappa shape index (κ1) is 20.6. The van der Waals surface area contributed by atoms with Gasteiger partial charge < -0.3 is 13.3 Å². The zero-order valence-electron chi connectivity index (χ0n) is 16.6. The molecule has 0 aliphatic heterocycles. The average Bonchev–Trinajstić information content (AvgIpc) is 2.75. The molecule has 0 amide bonds. The summed E-state index contributed by atoms with van der Waals surface area (Å²) in [5.41, 5.74) is 1.39. The highest BCUT2D eigenvalue weighted by atomic mass is 32.2. The summed E-state index contributed by atoms with van der Waals surface area (Å²) >= 11 is 0. The first-order valence-corrected chi connectivity index (χ1v) is 10.6. The number of fused-ring (bicyclic) bond motifs is 1. The number of aryl methyl sites for hydroxylation is 1. The maximum atomic E-state index is 13.1. The fourth-order valence-corrected chi connectivity index (χ4v) is 4.17. The van der Waals surface area contributed by atoms with Gasteiger partial charge in [-0.3, -0.25) is 0 Å². The lowest BCUT2D eigenvalue weighted by Crippen LogP contribution is -2.10. The number of halogens is 1. The predicted molar refractivity (Wildman–Crippen MR) is 113 cm³/mol. The molecular weight excluding hydrogens is 423 g/mol. The Morgan fingerprint density at radius 1 is 0.903 bits per heavy atom. The molecule has 0 radical (unpaired) electrons. The van der Waals surface area contributed by atoms with Crippen LogP contribution in [-0.2, 0) is 10.1 Å². The average molecular weight is 440 g/mol. The summed E-state index contributed by atoms with van der Waals surface area (Å²) in [5.74, 6) is 0.129. The summed E-state index contributed by atoms with van der Waals surface area (Å²) in [6, 6.07) is 15.6. The van der Waals surface area contributed by atoms with E-state index in [9.17, 15) is 17.6 Å². The lowest BCUT2D eigenvalue weighted by atomic mass is 9.99. The minimum Gasteiger partial charge on any atom is -0.497 e. The van der Waals surface area contributed by atoms with Crippen molar-refractivity contribution in [2.45, 2.75) is 11.8 Å². The quantitative estimate of drug-likeness (QED) is 0.331. The Morgan fingerprint density at radius 3 is 2.19 bits per heavy atom. The van der Waals surface area contributed by atoms with Crippen LogP contribution in [0, 0.1) is 12.7 Å². The molecule has 1 heterocycles. The van der Waals surface area contributed by atoms with Crippen LogP contribution in [0.25, 0.3) is 22.1 Å². The second-order valence-electron chi connectivity index (χ2n) is 6.77. The minimum absolute atomic E-state index is 0.0365. The van der Waals surface area contributed by atoms with Crippen molar-refractivity contribution in [3.8, 4) is 22.6 Å². The Morgan fingerprint density at radius 2 is 1.55 bits per heavy atom. The molecule has 0 aliphatic carbocycles. The lowest BCUT2D eigenvalue weighted by molar-refractivity contribution is 0.415. The molecule has 0 saturated carbocycles. The molecule has 3 aromatic carbocycles. The van der Waals surface area contributed by atoms with Crippen molar-refractivity contribution in [3.63, 3.8) is 0 Å². The van der Waals surface area contributed by atoms with Crippen LogP contribution in [0.1, 0.15) is 5.56 Å². The van der Waals surface area contributed by atoms with Crippen LogP contribution in [-0.4, -0.2) is 15.5 Å². The molecule has 0 atom stereocenters. The Labute approximate surface area is 177 Å². The van der Waals surface area contributed by atoms with E-state index < -0.39 is 21.6 Å². The number of benzene rings is 3. The van der Waals surface area contributed by atoms with Crippen molar-refractivity contribution >= 4 is 21.1 Å². The molecule has 0 saturated heterocycles. The van der Waals surface area contributed by atoms with Gasteiger partial charge in [0, 0.05) is 5.39 Å². The summed E-state index contributed by atoms with van der Waals surface area (Å²) in [4.78, 5) is 12.4. The van der Waals surface area contributed by atoms with Crippen LogP contribution in [0.2, 0.25) is 0 Å². The van der Waals surface area contributed by atoms with E-state index in [-0.39, 0.29) is 10.6 Å². The first-order chi connectivity index (χ1) is 14.8. The van der Waals surface area contributed by atoms with Crippen molar-refractivity contribution in [2.24, 2.45) is 0 Å². The highest BCUT2D eigenvalue weighted by Gasteiger charge is 2.19. The summed E-state index contributed by atoms with van der Waals surface area (Å²) in [6.07, 6.45) is 0.